The van der Waals surface area contributed by atoms with E-state index >= 15 is 0 Å². The van der Waals surface area contributed by atoms with E-state index in [1.54, 1.807) is 0 Å². The van der Waals surface area contributed by atoms with Crippen molar-refractivity contribution in [3.05, 3.63) is 81.7 Å². The van der Waals surface area contributed by atoms with Gasteiger partial charge in [0.1, 0.15) is 0 Å². The molecule has 0 unspecified atom stereocenters. The highest BCUT2D eigenvalue weighted by molar-refractivity contribution is 5.99. The fourth-order valence-corrected chi connectivity index (χ4v) is 6.84. The van der Waals surface area contributed by atoms with Crippen LogP contribution in [0.15, 0.2) is 42.5 Å². The summed E-state index contributed by atoms with van der Waals surface area (Å²) in [6, 6.07) is 16.0. The van der Waals surface area contributed by atoms with E-state index < -0.39 is 0 Å². The Kier molecular flexibility index (Phi) is 10.2. The Balaban J connectivity index is 1.46. The van der Waals surface area contributed by atoms with Gasteiger partial charge >= 0.3 is 0 Å². The summed E-state index contributed by atoms with van der Waals surface area (Å²) >= 11 is 0. The molecule has 0 radical (unpaired) electrons. The zero-order valence-electron chi connectivity index (χ0n) is 26.7. The molecule has 230 valence electrons. The minimum absolute atomic E-state index is 0.0503. The third kappa shape index (κ3) is 7.46. The second kappa shape index (κ2) is 14.0. The molecule has 1 aliphatic carbocycles. The van der Waals surface area contributed by atoms with Gasteiger partial charge in [0.2, 0.25) is 0 Å². The largest absolute Gasteiger partial charge is 0.379 e. The molecule has 3 aromatic rings. The number of benzene rings is 2. The van der Waals surface area contributed by atoms with E-state index in [4.69, 9.17) is 10.5 Å². The predicted octanol–water partition coefficient (Wildman–Crippen LogP) is 5.84. The number of nitrogens with one attached hydrogen (secondary N) is 1. The van der Waals surface area contributed by atoms with E-state index in [1.165, 1.54) is 5.56 Å². The number of ether oxygens (including phenoxy) is 1. The summed E-state index contributed by atoms with van der Waals surface area (Å²) in [6.07, 6.45) is 4.24. The third-order valence-electron chi connectivity index (χ3n) is 9.36. The summed E-state index contributed by atoms with van der Waals surface area (Å²) in [6.45, 7) is 16.2. The maximum absolute atomic E-state index is 13.9. The van der Waals surface area contributed by atoms with Gasteiger partial charge in [0.15, 0.2) is 0 Å². The zero-order valence-corrected chi connectivity index (χ0v) is 26.7. The van der Waals surface area contributed by atoms with E-state index in [0.717, 1.165) is 116 Å². The van der Waals surface area contributed by atoms with Crippen molar-refractivity contribution in [1.29, 1.82) is 0 Å². The summed E-state index contributed by atoms with van der Waals surface area (Å²) in [5, 5.41) is 3.23. The van der Waals surface area contributed by atoms with Crippen molar-refractivity contribution >= 4 is 11.6 Å². The van der Waals surface area contributed by atoms with Crippen molar-refractivity contribution < 1.29 is 9.53 Å². The molecule has 1 saturated carbocycles. The number of anilines is 1. The number of rotatable bonds is 9. The van der Waals surface area contributed by atoms with E-state index in [2.05, 4.69) is 83.3 Å². The number of pyridine rings is 1. The standard InChI is InChI=1S/C36H49N5O2/c1-6-41(32-13-11-31(37)12-14-32)35-21-30(29-9-7-28(8-10-29)23-40-15-17-43-18-16-40)20-33(26(35)4)36(42)38-22-34-24(2)19-25(3)39-27(34)5/h7-10,19-21,31-32H,6,11-18,22-23,37H2,1-5H3,(H,38,42)/t31-,32-. The highest BCUT2D eigenvalue weighted by Gasteiger charge is 2.27. The third-order valence-corrected chi connectivity index (χ3v) is 9.36. The molecule has 2 aromatic carbocycles. The lowest BCUT2D eigenvalue weighted by Gasteiger charge is -2.38. The highest BCUT2D eigenvalue weighted by atomic mass is 16.5. The molecule has 1 aromatic heterocycles. The molecule has 2 heterocycles. The maximum Gasteiger partial charge on any atom is 0.251 e. The van der Waals surface area contributed by atoms with Crippen LogP contribution in [0.5, 0.6) is 0 Å². The lowest BCUT2D eigenvalue weighted by Crippen LogP contribution is -2.41. The van der Waals surface area contributed by atoms with Crippen LogP contribution in [0.25, 0.3) is 11.1 Å². The Morgan fingerprint density at radius 2 is 1.70 bits per heavy atom. The van der Waals surface area contributed by atoms with Crippen LogP contribution >= 0.6 is 0 Å². The molecule has 2 aliphatic rings. The molecule has 0 bridgehead atoms. The van der Waals surface area contributed by atoms with Crippen molar-refractivity contribution in [2.75, 3.05) is 37.7 Å². The lowest BCUT2D eigenvalue weighted by atomic mass is 9.89. The second-order valence-corrected chi connectivity index (χ2v) is 12.4. The Hall–Kier alpha value is -3.26. The van der Waals surface area contributed by atoms with E-state index in [9.17, 15) is 4.79 Å². The first-order valence-electron chi connectivity index (χ1n) is 16.0. The molecule has 1 saturated heterocycles. The number of hydrogen-bond acceptors (Lipinski definition) is 6. The molecule has 5 rings (SSSR count). The van der Waals surface area contributed by atoms with Gasteiger partial charge in [0, 0.05) is 67.4 Å². The van der Waals surface area contributed by atoms with Crippen LogP contribution < -0.4 is 16.0 Å². The van der Waals surface area contributed by atoms with Gasteiger partial charge in [-0.05, 0) is 112 Å². The van der Waals surface area contributed by atoms with Crippen molar-refractivity contribution in [3.63, 3.8) is 0 Å². The summed E-state index contributed by atoms with van der Waals surface area (Å²) < 4.78 is 5.51. The van der Waals surface area contributed by atoms with Crippen molar-refractivity contribution in [1.82, 2.24) is 15.2 Å². The molecule has 7 heteroatoms. The molecule has 43 heavy (non-hydrogen) atoms. The van der Waals surface area contributed by atoms with Crippen LogP contribution in [0, 0.1) is 27.7 Å². The average Bonchev–Trinajstić information content (AvgIpc) is 2.99. The highest BCUT2D eigenvalue weighted by Crippen LogP contribution is 2.35. The number of aryl methyl sites for hydroxylation is 3. The van der Waals surface area contributed by atoms with Crippen LogP contribution in [0.4, 0.5) is 5.69 Å². The summed E-state index contributed by atoms with van der Waals surface area (Å²) in [7, 11) is 0. The Morgan fingerprint density at radius 3 is 2.35 bits per heavy atom. The quantitative estimate of drug-likeness (QED) is 0.329. The molecule has 7 nitrogen and oxygen atoms in total. The molecule has 0 spiro atoms. The number of carbonyl (C=O) groups is 1. The van der Waals surface area contributed by atoms with Crippen LogP contribution in [0.1, 0.15) is 76.6 Å². The van der Waals surface area contributed by atoms with Crippen LogP contribution in [0.2, 0.25) is 0 Å². The Bertz CT molecular complexity index is 1380. The normalized spacial score (nSPS) is 19.3. The molecular formula is C36H49N5O2. The van der Waals surface area contributed by atoms with Gasteiger partial charge < -0.3 is 20.7 Å². The van der Waals surface area contributed by atoms with Crippen LogP contribution in [-0.4, -0.2) is 60.7 Å². The van der Waals surface area contributed by atoms with Gasteiger partial charge in [-0.25, -0.2) is 0 Å². The topological polar surface area (TPSA) is 83.7 Å². The fourth-order valence-electron chi connectivity index (χ4n) is 6.84. The van der Waals surface area contributed by atoms with Gasteiger partial charge in [0.25, 0.3) is 5.91 Å². The molecule has 2 fully saturated rings. The fraction of sp³-hybridized carbons (Fsp3) is 0.500. The van der Waals surface area contributed by atoms with Crippen LogP contribution in [0.3, 0.4) is 0 Å². The number of nitrogens with two attached hydrogens (primary N) is 1. The molecule has 1 aliphatic heterocycles. The predicted molar refractivity (Wildman–Crippen MR) is 176 cm³/mol. The number of amides is 1. The minimum Gasteiger partial charge on any atom is -0.379 e. The minimum atomic E-state index is -0.0503. The number of hydrogen-bond donors (Lipinski definition) is 2. The first-order valence-corrected chi connectivity index (χ1v) is 16.0. The van der Waals surface area contributed by atoms with Gasteiger partial charge in [-0.3, -0.25) is 14.7 Å². The van der Waals surface area contributed by atoms with Gasteiger partial charge in [-0.1, -0.05) is 24.3 Å². The van der Waals surface area contributed by atoms with Gasteiger partial charge in [-0.2, -0.15) is 0 Å². The molecular weight excluding hydrogens is 534 g/mol. The Labute approximate surface area is 257 Å². The Morgan fingerprint density at radius 1 is 1.00 bits per heavy atom. The summed E-state index contributed by atoms with van der Waals surface area (Å²) in [5.41, 5.74) is 16.9. The SMILES string of the molecule is CCN(c1cc(-c2ccc(CN3CCOCC3)cc2)cc(C(=O)NCc2c(C)cc(C)nc2C)c1C)[C@H]1CC[C@H](N)CC1. The van der Waals surface area contributed by atoms with E-state index in [0.29, 0.717) is 18.6 Å². The number of aromatic nitrogens is 1. The van der Waals surface area contributed by atoms with Gasteiger partial charge in [-0.15, -0.1) is 0 Å². The molecule has 3 N–H and O–H groups in total. The number of carbonyl (C=O) groups excluding carboxylic acids is 1. The number of nitrogens with zero attached hydrogens (tertiary/aromatic N) is 3. The lowest BCUT2D eigenvalue weighted by molar-refractivity contribution is 0.0342. The second-order valence-electron chi connectivity index (χ2n) is 12.4. The molecule has 1 amide bonds. The van der Waals surface area contributed by atoms with E-state index in [-0.39, 0.29) is 5.91 Å². The van der Waals surface area contributed by atoms with E-state index in [1.807, 2.05) is 13.8 Å². The van der Waals surface area contributed by atoms with Crippen molar-refractivity contribution in [2.45, 2.75) is 85.5 Å². The number of morpholine rings is 1. The first-order chi connectivity index (χ1) is 20.7. The van der Waals surface area contributed by atoms with Gasteiger partial charge in [0.05, 0.1) is 13.2 Å². The summed E-state index contributed by atoms with van der Waals surface area (Å²) in [4.78, 5) is 23.5. The zero-order chi connectivity index (χ0) is 30.5. The average molecular weight is 584 g/mol. The molecule has 0 atom stereocenters. The monoisotopic (exact) mass is 583 g/mol. The van der Waals surface area contributed by atoms with Crippen molar-refractivity contribution in [2.24, 2.45) is 5.73 Å². The first kappa shape index (κ1) is 31.2. The maximum atomic E-state index is 13.9. The van der Waals surface area contributed by atoms with Crippen molar-refractivity contribution in [3.8, 4) is 11.1 Å². The smallest absolute Gasteiger partial charge is 0.251 e. The summed E-state index contributed by atoms with van der Waals surface area (Å²) in [5.74, 6) is -0.0503. The van der Waals surface area contributed by atoms with Crippen LogP contribution in [-0.2, 0) is 17.8 Å².